The van der Waals surface area contributed by atoms with Crippen LogP contribution in [0.5, 0.6) is 0 Å². The Bertz CT molecular complexity index is 981. The third-order valence-electron chi connectivity index (χ3n) is 6.58. The van der Waals surface area contributed by atoms with E-state index in [1.165, 1.54) is 21.6 Å². The smallest absolute Gasteiger partial charge is 0.327 e. The fraction of sp³-hybridized carbons (Fsp3) is 0.522. The second-order valence-electron chi connectivity index (χ2n) is 8.73. The standard InChI is InChI=1S/C23H27N3O7S/c27-19-13-6-1-2-7-14(13)20(28)25(19)11-4-3-8-16(22(30)31)24-15-9-5-10-18-26(21(15)29)17(12-34-18)23(32)33/h1-2,6-7,15-18,24H,3-5,8-12H2,(H,30,31)(H,32,33)/t15-,16?,17-,18+/m1/s1. The van der Waals surface area contributed by atoms with Gasteiger partial charge in [-0.2, -0.15) is 0 Å². The van der Waals surface area contributed by atoms with Crippen LogP contribution < -0.4 is 5.32 Å². The highest BCUT2D eigenvalue weighted by Crippen LogP contribution is 2.36. The monoisotopic (exact) mass is 489 g/mol. The highest BCUT2D eigenvalue weighted by atomic mass is 32.2. The number of nitrogens with one attached hydrogen (secondary N) is 1. The molecule has 3 aliphatic rings. The molecule has 0 bridgehead atoms. The maximum absolute atomic E-state index is 13.1. The van der Waals surface area contributed by atoms with Crippen LogP contribution in [0.1, 0.15) is 59.2 Å². The van der Waals surface area contributed by atoms with Gasteiger partial charge in [0.25, 0.3) is 11.8 Å². The zero-order valence-electron chi connectivity index (χ0n) is 18.5. The van der Waals surface area contributed by atoms with Gasteiger partial charge in [-0.25, -0.2) is 4.79 Å². The first-order valence-corrected chi connectivity index (χ1v) is 12.4. The zero-order valence-corrected chi connectivity index (χ0v) is 19.3. The molecule has 1 aromatic carbocycles. The molecule has 3 heterocycles. The van der Waals surface area contributed by atoms with Crippen LogP contribution in [0, 0.1) is 0 Å². The molecule has 4 atom stereocenters. The number of carboxylic acids is 2. The van der Waals surface area contributed by atoms with Gasteiger partial charge in [0, 0.05) is 12.3 Å². The molecule has 2 fully saturated rings. The third-order valence-corrected chi connectivity index (χ3v) is 7.93. The average Bonchev–Trinajstić information content (AvgIpc) is 3.29. The summed E-state index contributed by atoms with van der Waals surface area (Å²) < 4.78 is 0. The van der Waals surface area contributed by atoms with Crippen molar-refractivity contribution in [3.8, 4) is 0 Å². The molecule has 34 heavy (non-hydrogen) atoms. The third kappa shape index (κ3) is 4.67. The van der Waals surface area contributed by atoms with E-state index in [1.54, 1.807) is 24.3 Å². The SMILES string of the molecule is O=C(O)C(CCCCN1C(=O)c2ccccc2C1=O)N[C@@H]1CCC[C@@H]2SC[C@H](C(=O)O)N2C1=O. The molecule has 0 spiro atoms. The molecule has 1 unspecified atom stereocenters. The van der Waals surface area contributed by atoms with E-state index in [2.05, 4.69) is 5.32 Å². The van der Waals surface area contributed by atoms with Crippen molar-refractivity contribution in [1.29, 1.82) is 0 Å². The predicted molar refractivity (Wildman–Crippen MR) is 122 cm³/mol. The summed E-state index contributed by atoms with van der Waals surface area (Å²) in [6.07, 6.45) is 2.88. The van der Waals surface area contributed by atoms with Crippen molar-refractivity contribution in [3.63, 3.8) is 0 Å². The lowest BCUT2D eigenvalue weighted by atomic mass is 10.1. The summed E-state index contributed by atoms with van der Waals surface area (Å²) in [7, 11) is 0. The summed E-state index contributed by atoms with van der Waals surface area (Å²) in [5.74, 6) is -2.87. The Hall–Kier alpha value is -2.92. The van der Waals surface area contributed by atoms with Crippen molar-refractivity contribution in [2.45, 2.75) is 62.0 Å². The van der Waals surface area contributed by atoms with Gasteiger partial charge in [-0.3, -0.25) is 29.4 Å². The largest absolute Gasteiger partial charge is 0.480 e. The van der Waals surface area contributed by atoms with Crippen LogP contribution in [0.2, 0.25) is 0 Å². The number of amides is 3. The second kappa shape index (κ2) is 10.1. The minimum absolute atomic E-state index is 0.189. The van der Waals surface area contributed by atoms with E-state index in [4.69, 9.17) is 0 Å². The van der Waals surface area contributed by atoms with Crippen molar-refractivity contribution < 1.29 is 34.2 Å². The lowest BCUT2D eigenvalue weighted by Crippen LogP contribution is -2.55. The van der Waals surface area contributed by atoms with Crippen LogP contribution >= 0.6 is 11.8 Å². The van der Waals surface area contributed by atoms with Gasteiger partial charge in [0.15, 0.2) is 0 Å². The molecular formula is C23H27N3O7S. The van der Waals surface area contributed by atoms with Crippen molar-refractivity contribution in [1.82, 2.24) is 15.1 Å². The maximum Gasteiger partial charge on any atom is 0.327 e. The van der Waals surface area contributed by atoms with E-state index in [9.17, 15) is 34.2 Å². The molecule has 3 amide bonds. The number of nitrogens with zero attached hydrogens (tertiary/aromatic N) is 2. The van der Waals surface area contributed by atoms with Gasteiger partial charge in [-0.1, -0.05) is 12.1 Å². The molecule has 1 aromatic rings. The summed E-state index contributed by atoms with van der Waals surface area (Å²) in [4.78, 5) is 64.0. The normalized spacial score (nSPS) is 25.2. The number of carboxylic acid groups (broad SMARTS) is 2. The summed E-state index contributed by atoms with van der Waals surface area (Å²) in [6.45, 7) is 0.189. The fourth-order valence-electron chi connectivity index (χ4n) is 4.81. The van der Waals surface area contributed by atoms with E-state index >= 15 is 0 Å². The Morgan fingerprint density at radius 1 is 1.06 bits per heavy atom. The molecule has 0 saturated carbocycles. The predicted octanol–water partition coefficient (Wildman–Crippen LogP) is 1.40. The lowest BCUT2D eigenvalue weighted by molar-refractivity contribution is -0.150. The zero-order chi connectivity index (χ0) is 24.4. The summed E-state index contributed by atoms with van der Waals surface area (Å²) in [6, 6.07) is 3.98. The van der Waals surface area contributed by atoms with E-state index in [0.717, 1.165) is 0 Å². The van der Waals surface area contributed by atoms with E-state index < -0.39 is 30.1 Å². The number of unbranched alkanes of at least 4 members (excludes halogenated alkanes) is 1. The van der Waals surface area contributed by atoms with Gasteiger partial charge < -0.3 is 15.1 Å². The molecular weight excluding hydrogens is 462 g/mol. The number of carbonyl (C=O) groups is 5. The Labute approximate surface area is 200 Å². The molecule has 182 valence electrons. The van der Waals surface area contributed by atoms with Crippen LogP contribution in [0.3, 0.4) is 0 Å². The maximum atomic E-state index is 13.1. The lowest BCUT2D eigenvalue weighted by Gasteiger charge is -2.29. The molecule has 3 N–H and O–H groups in total. The van der Waals surface area contributed by atoms with Gasteiger partial charge in [0.05, 0.1) is 22.5 Å². The number of rotatable bonds is 9. The number of carbonyl (C=O) groups excluding carboxylic acids is 3. The Kier molecular flexibility index (Phi) is 7.22. The second-order valence-corrected chi connectivity index (χ2v) is 9.94. The summed E-state index contributed by atoms with van der Waals surface area (Å²) in [5, 5.41) is 21.9. The van der Waals surface area contributed by atoms with Gasteiger partial charge in [0.2, 0.25) is 5.91 Å². The van der Waals surface area contributed by atoms with E-state index in [1.807, 2.05) is 0 Å². The van der Waals surface area contributed by atoms with E-state index in [-0.39, 0.29) is 36.1 Å². The molecule has 11 heteroatoms. The number of hydrogen-bond donors (Lipinski definition) is 3. The molecule has 2 saturated heterocycles. The van der Waals surface area contributed by atoms with Crippen LogP contribution in [-0.4, -0.2) is 85.5 Å². The van der Waals surface area contributed by atoms with Gasteiger partial charge in [0.1, 0.15) is 12.1 Å². The number of imide groups is 1. The fourth-order valence-corrected chi connectivity index (χ4v) is 6.26. The van der Waals surface area contributed by atoms with Crippen molar-refractivity contribution in [3.05, 3.63) is 35.4 Å². The quantitative estimate of drug-likeness (QED) is 0.346. The molecule has 0 radical (unpaired) electrons. The Morgan fingerprint density at radius 2 is 1.74 bits per heavy atom. The van der Waals surface area contributed by atoms with Crippen molar-refractivity contribution in [2.75, 3.05) is 12.3 Å². The van der Waals surface area contributed by atoms with Crippen LogP contribution in [-0.2, 0) is 14.4 Å². The van der Waals surface area contributed by atoms with Gasteiger partial charge >= 0.3 is 11.9 Å². The summed E-state index contributed by atoms with van der Waals surface area (Å²) >= 11 is 1.45. The van der Waals surface area contributed by atoms with Crippen molar-refractivity contribution >= 4 is 41.4 Å². The number of fused-ring (bicyclic) bond motifs is 2. The number of hydrogen-bond acceptors (Lipinski definition) is 7. The average molecular weight is 490 g/mol. The highest BCUT2D eigenvalue weighted by molar-refractivity contribution is 8.00. The minimum atomic E-state index is -1.10. The Balaban J connectivity index is 1.32. The first-order chi connectivity index (χ1) is 16.3. The first kappa shape index (κ1) is 24.2. The molecule has 10 nitrogen and oxygen atoms in total. The van der Waals surface area contributed by atoms with Crippen LogP contribution in [0.25, 0.3) is 0 Å². The van der Waals surface area contributed by atoms with Crippen molar-refractivity contribution in [2.24, 2.45) is 0 Å². The number of thioether (sulfide) groups is 1. The molecule has 0 aliphatic carbocycles. The van der Waals surface area contributed by atoms with Crippen LogP contribution in [0.15, 0.2) is 24.3 Å². The summed E-state index contributed by atoms with van der Waals surface area (Å²) in [5.41, 5.74) is 0.755. The topological polar surface area (TPSA) is 144 Å². The van der Waals surface area contributed by atoms with Gasteiger partial charge in [-0.15, -0.1) is 11.8 Å². The molecule has 0 aromatic heterocycles. The van der Waals surface area contributed by atoms with Gasteiger partial charge in [-0.05, 0) is 50.7 Å². The van der Waals surface area contributed by atoms with E-state index in [0.29, 0.717) is 49.0 Å². The highest BCUT2D eigenvalue weighted by Gasteiger charge is 2.45. The minimum Gasteiger partial charge on any atom is -0.480 e. The number of benzene rings is 1. The Morgan fingerprint density at radius 3 is 2.35 bits per heavy atom. The number of aliphatic carboxylic acids is 2. The first-order valence-electron chi connectivity index (χ1n) is 11.4. The molecule has 4 rings (SSSR count). The van der Waals surface area contributed by atoms with Crippen LogP contribution in [0.4, 0.5) is 0 Å². The molecule has 3 aliphatic heterocycles.